The van der Waals surface area contributed by atoms with Gasteiger partial charge in [0.1, 0.15) is 6.54 Å². The zero-order valence-electron chi connectivity index (χ0n) is 21.9. The van der Waals surface area contributed by atoms with Gasteiger partial charge in [-0.05, 0) is 86.6 Å². The molecule has 0 spiro atoms. The quantitative estimate of drug-likeness (QED) is 0.432. The van der Waals surface area contributed by atoms with Gasteiger partial charge in [-0.2, -0.15) is 9.30 Å². The van der Waals surface area contributed by atoms with Crippen molar-refractivity contribution in [1.29, 1.82) is 0 Å². The zero-order chi connectivity index (χ0) is 26.9. The summed E-state index contributed by atoms with van der Waals surface area (Å²) >= 11 is 1.32. The van der Waals surface area contributed by atoms with Crippen molar-refractivity contribution in [1.82, 2.24) is 8.87 Å². The minimum atomic E-state index is -3.64. The molecule has 0 N–H and O–H groups in total. The molecule has 2 heterocycles. The van der Waals surface area contributed by atoms with Crippen LogP contribution in [0.15, 0.2) is 46.3 Å². The first-order chi connectivity index (χ1) is 17.5. The van der Waals surface area contributed by atoms with Gasteiger partial charge in [-0.15, -0.1) is 0 Å². The fourth-order valence-electron chi connectivity index (χ4n) is 4.77. The third-order valence-corrected chi connectivity index (χ3v) is 9.55. The first-order valence-electron chi connectivity index (χ1n) is 12.4. The lowest BCUT2D eigenvalue weighted by atomic mass is 9.94. The number of carbonyl (C=O) groups excluding carboxylic acids is 2. The van der Waals surface area contributed by atoms with Crippen molar-refractivity contribution in [3.8, 4) is 0 Å². The highest BCUT2D eigenvalue weighted by atomic mass is 32.2. The third-order valence-electron chi connectivity index (χ3n) is 6.66. The van der Waals surface area contributed by atoms with Crippen LogP contribution >= 0.6 is 11.3 Å². The number of carbonyl (C=O) groups is 2. The highest BCUT2D eigenvalue weighted by Crippen LogP contribution is 2.27. The molecular formula is C27H33N3O5S2. The number of ether oxygens (including phenoxy) is 1. The molecular weight excluding hydrogens is 510 g/mol. The molecule has 1 aliphatic rings. The van der Waals surface area contributed by atoms with E-state index in [0.29, 0.717) is 29.7 Å². The summed E-state index contributed by atoms with van der Waals surface area (Å²) in [5.41, 5.74) is 3.24. The molecule has 10 heteroatoms. The predicted octanol–water partition coefficient (Wildman–Crippen LogP) is 4.29. The summed E-state index contributed by atoms with van der Waals surface area (Å²) in [7, 11) is -3.64. The molecule has 37 heavy (non-hydrogen) atoms. The minimum Gasteiger partial charge on any atom is -0.465 e. The van der Waals surface area contributed by atoms with E-state index in [1.807, 2.05) is 26.0 Å². The molecule has 1 amide bonds. The molecule has 0 radical (unpaired) electrons. The lowest BCUT2D eigenvalue weighted by Crippen LogP contribution is -2.42. The van der Waals surface area contributed by atoms with E-state index in [2.05, 4.69) is 18.8 Å². The lowest BCUT2D eigenvalue weighted by Gasteiger charge is -2.34. The van der Waals surface area contributed by atoms with E-state index in [1.165, 1.54) is 39.9 Å². The standard InChI is InChI=1S/C27H33N3O5S2/c1-6-35-25(31)16-30-23-12-19(4)20(5)13-24(23)36-27(30)28-26(32)21-7-9-22(10-8-21)37(33,34)29-14-17(2)11-18(3)15-29/h7-10,12-13,17-18H,6,11,14-16H2,1-5H3. The van der Waals surface area contributed by atoms with E-state index in [-0.39, 0.29) is 23.6 Å². The van der Waals surface area contributed by atoms with Crippen molar-refractivity contribution in [3.63, 3.8) is 0 Å². The van der Waals surface area contributed by atoms with Gasteiger partial charge < -0.3 is 9.30 Å². The molecule has 0 aliphatic carbocycles. The Kier molecular flexibility index (Phi) is 8.01. The topological polar surface area (TPSA) is 98.0 Å². The van der Waals surface area contributed by atoms with Crippen LogP contribution in [0.5, 0.6) is 0 Å². The number of benzene rings is 2. The Bertz CT molecular complexity index is 1490. The van der Waals surface area contributed by atoms with Crippen LogP contribution < -0.4 is 4.80 Å². The van der Waals surface area contributed by atoms with Crippen molar-refractivity contribution >= 4 is 43.5 Å². The van der Waals surface area contributed by atoms with Crippen LogP contribution in [0.1, 0.15) is 48.7 Å². The highest BCUT2D eigenvalue weighted by molar-refractivity contribution is 7.89. The molecule has 198 valence electrons. The number of hydrogen-bond donors (Lipinski definition) is 0. The van der Waals surface area contributed by atoms with Crippen LogP contribution in [0.4, 0.5) is 0 Å². The summed E-state index contributed by atoms with van der Waals surface area (Å²) in [6, 6.07) is 9.91. The summed E-state index contributed by atoms with van der Waals surface area (Å²) in [6.45, 7) is 11.0. The SMILES string of the molecule is CCOC(=O)Cn1c(=NC(=O)c2ccc(S(=O)(=O)N3CC(C)CC(C)C3)cc2)sc2cc(C)c(C)cc21. The van der Waals surface area contributed by atoms with Gasteiger partial charge in [-0.25, -0.2) is 8.42 Å². The van der Waals surface area contributed by atoms with Gasteiger partial charge in [0.05, 0.1) is 21.7 Å². The molecule has 3 aromatic rings. The number of thiazole rings is 1. The molecule has 8 nitrogen and oxygen atoms in total. The average Bonchev–Trinajstić information content (AvgIpc) is 3.14. The monoisotopic (exact) mass is 543 g/mol. The van der Waals surface area contributed by atoms with E-state index in [1.54, 1.807) is 11.5 Å². The number of piperidine rings is 1. The molecule has 0 bridgehead atoms. The number of aromatic nitrogens is 1. The van der Waals surface area contributed by atoms with Gasteiger partial charge in [0.25, 0.3) is 5.91 Å². The second kappa shape index (κ2) is 10.9. The summed E-state index contributed by atoms with van der Waals surface area (Å²) in [5.74, 6) is -0.325. The fourth-order valence-corrected chi connectivity index (χ4v) is 7.55. The Morgan fingerprint density at radius 2 is 1.68 bits per heavy atom. The maximum absolute atomic E-state index is 13.2. The Labute approximate surface area is 221 Å². The van der Waals surface area contributed by atoms with Crippen molar-refractivity contribution in [3.05, 3.63) is 57.9 Å². The number of sulfonamides is 1. The van der Waals surface area contributed by atoms with Crippen LogP contribution in [-0.4, -0.2) is 48.9 Å². The smallest absolute Gasteiger partial charge is 0.326 e. The van der Waals surface area contributed by atoms with E-state index in [9.17, 15) is 18.0 Å². The summed E-state index contributed by atoms with van der Waals surface area (Å²) < 4.78 is 35.6. The van der Waals surface area contributed by atoms with Gasteiger partial charge in [-0.1, -0.05) is 25.2 Å². The first kappa shape index (κ1) is 27.2. The molecule has 1 aliphatic heterocycles. The van der Waals surface area contributed by atoms with Gasteiger partial charge >= 0.3 is 5.97 Å². The number of nitrogens with zero attached hydrogens (tertiary/aromatic N) is 3. The van der Waals surface area contributed by atoms with E-state index in [4.69, 9.17) is 4.74 Å². The third kappa shape index (κ3) is 5.86. The number of aryl methyl sites for hydroxylation is 2. The average molecular weight is 544 g/mol. The van der Waals surface area contributed by atoms with Crippen LogP contribution in [-0.2, 0) is 26.1 Å². The molecule has 0 saturated carbocycles. The Morgan fingerprint density at radius 3 is 2.30 bits per heavy atom. The van der Waals surface area contributed by atoms with Gasteiger partial charge in [0, 0.05) is 18.7 Å². The fraction of sp³-hybridized carbons (Fsp3) is 0.444. The number of fused-ring (bicyclic) bond motifs is 1. The lowest BCUT2D eigenvalue weighted by molar-refractivity contribution is -0.143. The largest absolute Gasteiger partial charge is 0.465 e. The molecule has 2 aromatic carbocycles. The summed E-state index contributed by atoms with van der Waals surface area (Å²) in [6.07, 6.45) is 1.01. The second-order valence-corrected chi connectivity index (χ2v) is 12.8. The van der Waals surface area contributed by atoms with Crippen LogP contribution in [0.3, 0.4) is 0 Å². The molecule has 4 rings (SSSR count). The van der Waals surface area contributed by atoms with E-state index < -0.39 is 21.9 Å². The zero-order valence-corrected chi connectivity index (χ0v) is 23.5. The first-order valence-corrected chi connectivity index (χ1v) is 14.7. The maximum Gasteiger partial charge on any atom is 0.326 e. The number of hydrogen-bond acceptors (Lipinski definition) is 6. The minimum absolute atomic E-state index is 0.0632. The molecule has 2 atom stereocenters. The maximum atomic E-state index is 13.2. The summed E-state index contributed by atoms with van der Waals surface area (Å²) in [5, 5.41) is 0. The Hall–Kier alpha value is -2.82. The second-order valence-electron chi connectivity index (χ2n) is 9.89. The predicted molar refractivity (Wildman–Crippen MR) is 144 cm³/mol. The van der Waals surface area contributed by atoms with Crippen molar-refractivity contribution in [2.45, 2.75) is 52.5 Å². The van der Waals surface area contributed by atoms with Crippen LogP contribution in [0.2, 0.25) is 0 Å². The van der Waals surface area contributed by atoms with Crippen LogP contribution in [0.25, 0.3) is 10.2 Å². The van der Waals surface area contributed by atoms with Gasteiger partial charge in [-0.3, -0.25) is 9.59 Å². The molecule has 2 unspecified atom stereocenters. The number of rotatable bonds is 6. The number of esters is 1. The molecule has 1 saturated heterocycles. The Morgan fingerprint density at radius 1 is 1.05 bits per heavy atom. The van der Waals surface area contributed by atoms with Crippen molar-refractivity contribution in [2.75, 3.05) is 19.7 Å². The number of amides is 1. The van der Waals surface area contributed by atoms with Gasteiger partial charge in [0.15, 0.2) is 4.80 Å². The van der Waals surface area contributed by atoms with E-state index >= 15 is 0 Å². The Balaban J connectivity index is 1.67. The van der Waals surface area contributed by atoms with E-state index in [0.717, 1.165) is 27.8 Å². The van der Waals surface area contributed by atoms with Gasteiger partial charge in [0.2, 0.25) is 10.0 Å². The normalized spacial score (nSPS) is 19.3. The highest BCUT2D eigenvalue weighted by Gasteiger charge is 2.31. The summed E-state index contributed by atoms with van der Waals surface area (Å²) in [4.78, 5) is 30.2. The van der Waals surface area contributed by atoms with Crippen molar-refractivity contribution in [2.24, 2.45) is 16.8 Å². The molecule has 1 aromatic heterocycles. The molecule has 1 fully saturated rings. The van der Waals surface area contributed by atoms with Crippen molar-refractivity contribution < 1.29 is 22.7 Å². The van der Waals surface area contributed by atoms with Crippen LogP contribution in [0, 0.1) is 25.7 Å².